The van der Waals surface area contributed by atoms with E-state index in [1.54, 1.807) is 6.07 Å². The Bertz CT molecular complexity index is 623. The molecule has 0 aromatic heterocycles. The number of hydrogen-bond donors (Lipinski definition) is 3. The van der Waals surface area contributed by atoms with Crippen LogP contribution in [0.4, 0.5) is 16.2 Å². The number of nitrogens with two attached hydrogens (primary N) is 1. The third-order valence-electron chi connectivity index (χ3n) is 3.16. The predicted molar refractivity (Wildman–Crippen MR) is 82.6 cm³/mol. The van der Waals surface area contributed by atoms with Crippen LogP contribution in [0.2, 0.25) is 0 Å². The molecule has 104 valence electrons. The van der Waals surface area contributed by atoms with Crippen LogP contribution in [0.5, 0.6) is 0 Å². The highest BCUT2D eigenvalue weighted by Gasteiger charge is 2.05. The van der Waals surface area contributed by atoms with E-state index in [0.29, 0.717) is 17.9 Å². The maximum absolute atomic E-state index is 11.9. The second-order valence-electron chi connectivity index (χ2n) is 4.82. The van der Waals surface area contributed by atoms with Crippen molar-refractivity contribution >= 4 is 17.4 Å². The van der Waals surface area contributed by atoms with Gasteiger partial charge < -0.3 is 16.4 Å². The highest BCUT2D eigenvalue weighted by molar-refractivity contribution is 5.92. The summed E-state index contributed by atoms with van der Waals surface area (Å²) < 4.78 is 0. The van der Waals surface area contributed by atoms with E-state index in [-0.39, 0.29) is 6.03 Å². The maximum atomic E-state index is 11.9. The van der Waals surface area contributed by atoms with Gasteiger partial charge in [-0.15, -0.1) is 0 Å². The number of hydrogen-bond acceptors (Lipinski definition) is 2. The van der Waals surface area contributed by atoms with Crippen molar-refractivity contribution in [1.29, 1.82) is 0 Å². The zero-order valence-electron chi connectivity index (χ0n) is 11.7. The molecule has 0 unspecified atom stereocenters. The minimum absolute atomic E-state index is 0.260. The number of rotatable bonds is 3. The summed E-state index contributed by atoms with van der Waals surface area (Å²) in [7, 11) is 0. The number of carbonyl (C=O) groups is 1. The monoisotopic (exact) mass is 269 g/mol. The van der Waals surface area contributed by atoms with Gasteiger partial charge in [-0.3, -0.25) is 0 Å². The average Bonchev–Trinajstić information content (AvgIpc) is 2.41. The van der Waals surface area contributed by atoms with E-state index in [0.717, 1.165) is 16.7 Å². The summed E-state index contributed by atoms with van der Waals surface area (Å²) in [6.45, 7) is 4.47. The molecule has 0 aliphatic heterocycles. The van der Waals surface area contributed by atoms with Crippen molar-refractivity contribution in [2.75, 3.05) is 11.1 Å². The summed E-state index contributed by atoms with van der Waals surface area (Å²) in [6, 6.07) is 13.2. The molecule has 4 nitrogen and oxygen atoms in total. The molecule has 0 heterocycles. The van der Waals surface area contributed by atoms with E-state index in [9.17, 15) is 4.79 Å². The van der Waals surface area contributed by atoms with Crippen LogP contribution in [0, 0.1) is 13.8 Å². The highest BCUT2D eigenvalue weighted by atomic mass is 16.2. The van der Waals surface area contributed by atoms with Crippen molar-refractivity contribution in [3.05, 3.63) is 59.2 Å². The Labute approximate surface area is 119 Å². The molecule has 4 heteroatoms. The molecular formula is C16H19N3O. The number of benzene rings is 2. The Kier molecular flexibility index (Phi) is 4.25. The smallest absolute Gasteiger partial charge is 0.319 e. The first kappa shape index (κ1) is 13.9. The number of nitrogen functional groups attached to an aromatic ring is 1. The fourth-order valence-electron chi connectivity index (χ4n) is 1.95. The van der Waals surface area contributed by atoms with Crippen molar-refractivity contribution in [2.45, 2.75) is 20.4 Å². The van der Waals surface area contributed by atoms with Gasteiger partial charge in [0.15, 0.2) is 0 Å². The molecule has 0 saturated heterocycles. The van der Waals surface area contributed by atoms with Crippen LogP contribution in [0.3, 0.4) is 0 Å². The van der Waals surface area contributed by atoms with Crippen LogP contribution < -0.4 is 16.4 Å². The summed E-state index contributed by atoms with van der Waals surface area (Å²) in [5, 5.41) is 5.58. The second kappa shape index (κ2) is 6.10. The third-order valence-corrected chi connectivity index (χ3v) is 3.16. The van der Waals surface area contributed by atoms with Crippen molar-refractivity contribution in [3.63, 3.8) is 0 Å². The zero-order chi connectivity index (χ0) is 14.5. The van der Waals surface area contributed by atoms with E-state index >= 15 is 0 Å². The lowest BCUT2D eigenvalue weighted by molar-refractivity contribution is 0.251. The van der Waals surface area contributed by atoms with Crippen molar-refractivity contribution in [1.82, 2.24) is 5.32 Å². The molecule has 2 amide bonds. The van der Waals surface area contributed by atoms with Crippen LogP contribution >= 0.6 is 0 Å². The predicted octanol–water partition coefficient (Wildman–Crippen LogP) is 3.21. The van der Waals surface area contributed by atoms with Gasteiger partial charge in [0.1, 0.15) is 0 Å². The lowest BCUT2D eigenvalue weighted by atomic mass is 10.1. The number of nitrogens with one attached hydrogen (secondary N) is 2. The van der Waals surface area contributed by atoms with E-state index in [4.69, 9.17) is 5.73 Å². The van der Waals surface area contributed by atoms with Crippen molar-refractivity contribution in [2.24, 2.45) is 0 Å². The van der Waals surface area contributed by atoms with E-state index < -0.39 is 0 Å². The molecule has 0 atom stereocenters. The number of amides is 2. The molecule has 0 aliphatic carbocycles. The minimum atomic E-state index is -0.260. The summed E-state index contributed by atoms with van der Waals surface area (Å²) in [5.74, 6) is 0. The van der Waals surface area contributed by atoms with Crippen LogP contribution in [0.25, 0.3) is 0 Å². The summed E-state index contributed by atoms with van der Waals surface area (Å²) >= 11 is 0. The average molecular weight is 269 g/mol. The first-order valence-corrected chi connectivity index (χ1v) is 6.52. The number of urea groups is 1. The van der Waals surface area contributed by atoms with E-state index in [2.05, 4.69) is 10.6 Å². The topological polar surface area (TPSA) is 67.2 Å². The highest BCUT2D eigenvalue weighted by Crippen LogP contribution is 2.19. The van der Waals surface area contributed by atoms with Crippen molar-refractivity contribution < 1.29 is 4.79 Å². The Balaban J connectivity index is 1.94. The normalized spacial score (nSPS) is 10.1. The first-order chi connectivity index (χ1) is 9.56. The first-order valence-electron chi connectivity index (χ1n) is 6.52. The van der Waals surface area contributed by atoms with Gasteiger partial charge in [0.05, 0.1) is 11.4 Å². The van der Waals surface area contributed by atoms with E-state index in [1.165, 1.54) is 0 Å². The third kappa shape index (κ3) is 3.51. The quantitative estimate of drug-likeness (QED) is 0.749. The lowest BCUT2D eigenvalue weighted by Crippen LogP contribution is -2.28. The summed E-state index contributed by atoms with van der Waals surface area (Å²) in [5.41, 5.74) is 10.4. The minimum Gasteiger partial charge on any atom is -0.397 e. The van der Waals surface area contributed by atoms with Gasteiger partial charge in [0.2, 0.25) is 0 Å². The largest absolute Gasteiger partial charge is 0.397 e. The molecule has 20 heavy (non-hydrogen) atoms. The molecule has 2 aromatic carbocycles. The van der Waals surface area contributed by atoms with Gasteiger partial charge in [-0.05, 0) is 42.7 Å². The number of aryl methyl sites for hydroxylation is 2. The van der Waals surface area contributed by atoms with Crippen LogP contribution in [0.1, 0.15) is 16.7 Å². The van der Waals surface area contributed by atoms with Crippen LogP contribution in [0.15, 0.2) is 42.5 Å². The summed E-state index contributed by atoms with van der Waals surface area (Å²) in [6.07, 6.45) is 0. The molecule has 2 rings (SSSR count). The van der Waals surface area contributed by atoms with Gasteiger partial charge in [0, 0.05) is 6.54 Å². The SMILES string of the molecule is Cc1ccc(NC(=O)NCc2ccccc2C)c(N)c1. The van der Waals surface area contributed by atoms with Crippen LogP contribution in [-0.4, -0.2) is 6.03 Å². The maximum Gasteiger partial charge on any atom is 0.319 e. The molecule has 4 N–H and O–H groups in total. The second-order valence-corrected chi connectivity index (χ2v) is 4.82. The molecule has 0 fully saturated rings. The molecule has 0 aliphatic rings. The molecule has 0 radical (unpaired) electrons. The van der Waals surface area contributed by atoms with Gasteiger partial charge in [0.25, 0.3) is 0 Å². The Morgan fingerprint density at radius 2 is 1.90 bits per heavy atom. The molecule has 2 aromatic rings. The summed E-state index contributed by atoms with van der Waals surface area (Å²) in [4.78, 5) is 11.9. The fraction of sp³-hybridized carbons (Fsp3) is 0.188. The van der Waals surface area contributed by atoms with Crippen molar-refractivity contribution in [3.8, 4) is 0 Å². The zero-order valence-corrected chi connectivity index (χ0v) is 11.7. The Hall–Kier alpha value is -2.49. The standard InChI is InChI=1S/C16H19N3O/c1-11-7-8-15(14(17)9-11)19-16(20)18-10-13-6-4-3-5-12(13)2/h3-9H,10,17H2,1-2H3,(H2,18,19,20). The number of carbonyl (C=O) groups excluding carboxylic acids is 1. The molecular weight excluding hydrogens is 250 g/mol. The van der Waals surface area contributed by atoms with Gasteiger partial charge in [-0.1, -0.05) is 30.3 Å². The molecule has 0 spiro atoms. The lowest BCUT2D eigenvalue weighted by Gasteiger charge is -2.11. The van der Waals surface area contributed by atoms with Gasteiger partial charge in [-0.2, -0.15) is 0 Å². The Morgan fingerprint density at radius 1 is 1.15 bits per heavy atom. The Morgan fingerprint density at radius 3 is 2.60 bits per heavy atom. The van der Waals surface area contributed by atoms with Crippen LogP contribution in [-0.2, 0) is 6.54 Å². The fourth-order valence-corrected chi connectivity index (χ4v) is 1.95. The molecule has 0 bridgehead atoms. The molecule has 0 saturated carbocycles. The van der Waals surface area contributed by atoms with Gasteiger partial charge in [-0.25, -0.2) is 4.79 Å². The van der Waals surface area contributed by atoms with Gasteiger partial charge >= 0.3 is 6.03 Å². The number of anilines is 2. The van der Waals surface area contributed by atoms with E-state index in [1.807, 2.05) is 50.2 Å².